The lowest BCUT2D eigenvalue weighted by atomic mass is 10.1. The van der Waals surface area contributed by atoms with E-state index in [2.05, 4.69) is 10.2 Å². The molecule has 0 unspecified atom stereocenters. The Balaban J connectivity index is 1.64. The number of hydrazone groups is 1. The summed E-state index contributed by atoms with van der Waals surface area (Å²) in [5.41, 5.74) is -0.573. The third kappa shape index (κ3) is 7.69. The van der Waals surface area contributed by atoms with Gasteiger partial charge in [0.25, 0.3) is 26.1 Å². The van der Waals surface area contributed by atoms with Crippen LogP contribution in [0.3, 0.4) is 0 Å². The highest BCUT2D eigenvalue weighted by molar-refractivity contribution is 7.86. The van der Waals surface area contributed by atoms with Gasteiger partial charge in [-0.05, 0) is 74.5 Å². The highest BCUT2D eigenvalue weighted by Gasteiger charge is 2.35. The number of rotatable bonds is 11. The maximum atomic E-state index is 13.2. The second-order valence-corrected chi connectivity index (χ2v) is 12.1. The second-order valence-electron chi connectivity index (χ2n) is 9.27. The van der Waals surface area contributed by atoms with E-state index in [1.54, 1.807) is 13.8 Å². The van der Waals surface area contributed by atoms with Crippen LogP contribution in [0.4, 0.5) is 5.69 Å². The second kappa shape index (κ2) is 13.9. The zero-order valence-corrected chi connectivity index (χ0v) is 26.2. The first-order chi connectivity index (χ1) is 22.2. The van der Waals surface area contributed by atoms with E-state index in [9.17, 15) is 45.4 Å². The lowest BCUT2D eigenvalue weighted by Gasteiger charge is -2.11. The predicted octanol–water partition coefficient (Wildman–Crippen LogP) is 2.71. The van der Waals surface area contributed by atoms with Crippen LogP contribution in [0, 0.1) is 0 Å². The molecule has 2 heterocycles. The zero-order chi connectivity index (χ0) is 34.5. The number of esters is 2. The number of carbonyl (C=O) groups excluding carboxylic acids is 3. The Bertz CT molecular complexity index is 2060. The van der Waals surface area contributed by atoms with Gasteiger partial charge in [0.05, 0.1) is 45.5 Å². The van der Waals surface area contributed by atoms with Crippen LogP contribution >= 0.6 is 0 Å². The third-order valence-corrected chi connectivity index (χ3v) is 7.95. The molecule has 47 heavy (non-hydrogen) atoms. The van der Waals surface area contributed by atoms with Crippen molar-refractivity contribution in [3.8, 4) is 11.6 Å². The first kappa shape index (κ1) is 34.4. The molecule has 18 heteroatoms. The number of aromatic hydroxyl groups is 1. The Morgan fingerprint density at radius 3 is 1.87 bits per heavy atom. The average molecular weight is 687 g/mol. The van der Waals surface area contributed by atoms with Gasteiger partial charge < -0.3 is 14.6 Å². The van der Waals surface area contributed by atoms with Gasteiger partial charge in [-0.2, -0.15) is 36.7 Å². The Morgan fingerprint density at radius 2 is 1.34 bits per heavy atom. The molecule has 1 aromatic heterocycles. The molecule has 0 fully saturated rings. The summed E-state index contributed by atoms with van der Waals surface area (Å²) in [6.07, 6.45) is 6.73. The molecule has 16 nitrogen and oxygen atoms in total. The molecule has 3 aromatic rings. The molecule has 0 spiro atoms. The van der Waals surface area contributed by atoms with Crippen molar-refractivity contribution in [1.29, 1.82) is 0 Å². The van der Waals surface area contributed by atoms with Crippen LogP contribution in [0.2, 0.25) is 0 Å². The molecule has 0 saturated heterocycles. The van der Waals surface area contributed by atoms with Gasteiger partial charge in [-0.3, -0.25) is 13.9 Å². The van der Waals surface area contributed by atoms with E-state index >= 15 is 0 Å². The summed E-state index contributed by atoms with van der Waals surface area (Å²) < 4.78 is 74.9. The SMILES string of the molecule is CCOC(=O)C1=NN(c2ccc(S(=O)(=O)O)cc2)C(=O)C1=CC=CC=Cc1c(C(=O)OCC)nn(-c2ccc(S(=O)(=O)O)cc2)c1O. The van der Waals surface area contributed by atoms with Gasteiger partial charge in [0.2, 0.25) is 5.88 Å². The Kier molecular flexibility index (Phi) is 10.2. The van der Waals surface area contributed by atoms with Crippen LogP contribution in [0.1, 0.15) is 29.9 Å². The van der Waals surface area contributed by atoms with Crippen LogP contribution in [0.15, 0.2) is 93.3 Å². The first-order valence-corrected chi connectivity index (χ1v) is 16.4. The summed E-state index contributed by atoms with van der Waals surface area (Å²) >= 11 is 0. The fraction of sp³-hybridized carbons (Fsp3) is 0.138. The van der Waals surface area contributed by atoms with Crippen molar-refractivity contribution in [2.75, 3.05) is 18.2 Å². The average Bonchev–Trinajstić information content (AvgIpc) is 3.52. The number of benzene rings is 2. The predicted molar refractivity (Wildman–Crippen MR) is 165 cm³/mol. The largest absolute Gasteiger partial charge is 0.493 e. The maximum Gasteiger partial charge on any atom is 0.359 e. The summed E-state index contributed by atoms with van der Waals surface area (Å²) in [5.74, 6) is -3.01. The van der Waals surface area contributed by atoms with E-state index in [-0.39, 0.29) is 47.1 Å². The van der Waals surface area contributed by atoms with Gasteiger partial charge in [0, 0.05) is 0 Å². The maximum absolute atomic E-state index is 13.2. The van der Waals surface area contributed by atoms with Crippen molar-refractivity contribution in [2.45, 2.75) is 23.6 Å². The van der Waals surface area contributed by atoms with Crippen molar-refractivity contribution in [3.63, 3.8) is 0 Å². The smallest absolute Gasteiger partial charge is 0.359 e. The summed E-state index contributed by atoms with van der Waals surface area (Å²) in [5, 5.41) is 19.9. The standard InChI is InChI=1S/C29H26N4O12S2/c1-3-44-28(36)24-22(26(34)32(30-24)18-10-14-20(15-11-18)46(38,39)40)8-6-5-7-9-23-25(29(37)45-4-2)31-33(27(23)35)19-12-16-21(17-13-19)47(41,42)43/h5-17,34H,3-4H2,1-2H3,(H,38,39,40)(H,41,42,43). The summed E-state index contributed by atoms with van der Waals surface area (Å²) in [7, 11) is -8.96. The Morgan fingerprint density at radius 1 is 0.809 bits per heavy atom. The van der Waals surface area contributed by atoms with Gasteiger partial charge in [0.15, 0.2) is 11.4 Å². The number of allylic oxidation sites excluding steroid dienone is 4. The number of ether oxygens (including phenoxy) is 2. The van der Waals surface area contributed by atoms with Gasteiger partial charge in [-0.15, -0.1) is 0 Å². The quantitative estimate of drug-likeness (QED) is 0.114. The van der Waals surface area contributed by atoms with Crippen molar-refractivity contribution >= 4 is 55.6 Å². The molecule has 2 aromatic carbocycles. The minimum Gasteiger partial charge on any atom is -0.493 e. The van der Waals surface area contributed by atoms with E-state index in [1.807, 2.05) is 0 Å². The molecular formula is C29H26N4O12S2. The van der Waals surface area contributed by atoms with Crippen LogP contribution < -0.4 is 5.01 Å². The number of anilines is 1. The van der Waals surface area contributed by atoms with Crippen LogP contribution in [-0.2, 0) is 39.3 Å². The molecule has 3 N–H and O–H groups in total. The van der Waals surface area contributed by atoms with E-state index < -0.39 is 53.8 Å². The van der Waals surface area contributed by atoms with Crippen molar-refractivity contribution in [3.05, 3.63) is 89.7 Å². The first-order valence-electron chi connectivity index (χ1n) is 13.5. The van der Waals surface area contributed by atoms with E-state index in [0.29, 0.717) is 0 Å². The summed E-state index contributed by atoms with van der Waals surface area (Å²) in [4.78, 5) is 37.6. The lowest BCUT2D eigenvalue weighted by molar-refractivity contribution is -0.135. The molecule has 0 aliphatic carbocycles. The van der Waals surface area contributed by atoms with Crippen molar-refractivity contribution < 1.29 is 54.9 Å². The number of hydrogen-bond acceptors (Lipinski definition) is 12. The van der Waals surface area contributed by atoms with E-state index in [1.165, 1.54) is 54.6 Å². The van der Waals surface area contributed by atoms with Crippen LogP contribution in [-0.4, -0.2) is 77.6 Å². The van der Waals surface area contributed by atoms with Crippen LogP contribution in [0.5, 0.6) is 5.88 Å². The number of nitrogens with zero attached hydrogens (tertiary/aromatic N) is 4. The molecule has 0 atom stereocenters. The molecule has 246 valence electrons. The Labute approximate surface area is 268 Å². The molecule has 0 bridgehead atoms. The lowest BCUT2D eigenvalue weighted by Crippen LogP contribution is -2.22. The van der Waals surface area contributed by atoms with E-state index in [0.717, 1.165) is 34.0 Å². The van der Waals surface area contributed by atoms with Crippen molar-refractivity contribution in [2.24, 2.45) is 5.10 Å². The molecular weight excluding hydrogens is 660 g/mol. The summed E-state index contributed by atoms with van der Waals surface area (Å²) in [6.45, 7) is 3.13. The van der Waals surface area contributed by atoms with Gasteiger partial charge in [-0.25, -0.2) is 9.59 Å². The molecule has 1 aliphatic heterocycles. The molecule has 0 radical (unpaired) electrons. The van der Waals surface area contributed by atoms with Gasteiger partial charge in [-0.1, -0.05) is 18.2 Å². The number of aromatic nitrogens is 2. The zero-order valence-electron chi connectivity index (χ0n) is 24.5. The van der Waals surface area contributed by atoms with Gasteiger partial charge >= 0.3 is 11.9 Å². The number of carbonyl (C=O) groups is 3. The van der Waals surface area contributed by atoms with E-state index in [4.69, 9.17) is 9.47 Å². The number of amides is 1. The fourth-order valence-electron chi connectivity index (χ4n) is 4.08. The minimum absolute atomic E-state index is 0.00617. The normalized spacial score (nSPS) is 14.7. The van der Waals surface area contributed by atoms with Crippen LogP contribution in [0.25, 0.3) is 11.8 Å². The molecule has 0 saturated carbocycles. The third-order valence-electron chi connectivity index (χ3n) is 6.22. The summed E-state index contributed by atoms with van der Waals surface area (Å²) in [6, 6.07) is 9.19. The fourth-order valence-corrected chi connectivity index (χ4v) is 5.04. The minimum atomic E-state index is -4.48. The molecule has 1 amide bonds. The number of hydrogen-bond donors (Lipinski definition) is 3. The monoisotopic (exact) mass is 686 g/mol. The highest BCUT2D eigenvalue weighted by Crippen LogP contribution is 2.28. The highest BCUT2D eigenvalue weighted by atomic mass is 32.2. The molecule has 4 rings (SSSR count). The van der Waals surface area contributed by atoms with Crippen molar-refractivity contribution in [1.82, 2.24) is 9.78 Å². The Hall–Kier alpha value is -5.43. The van der Waals surface area contributed by atoms with Gasteiger partial charge in [0.1, 0.15) is 0 Å². The molecule has 1 aliphatic rings. The topological polar surface area (TPSA) is 232 Å².